The minimum atomic E-state index is -0.0228. The third-order valence-electron chi connectivity index (χ3n) is 11.7. The first-order valence-electron chi connectivity index (χ1n) is 20.4. The molecule has 0 saturated heterocycles. The smallest absolute Gasteiger partial charge is 0.224 e. The van der Waals surface area contributed by atoms with Gasteiger partial charge in [0.15, 0.2) is 0 Å². The number of Topliss-reactive ketones (excluding diaryl/α,β-unsaturated/α-hetero) is 1. The van der Waals surface area contributed by atoms with Crippen molar-refractivity contribution in [2.75, 3.05) is 9.80 Å². The predicted molar refractivity (Wildman–Crippen MR) is 226 cm³/mol. The lowest BCUT2D eigenvalue weighted by molar-refractivity contribution is -0.118. The minimum absolute atomic E-state index is 0.0228. The maximum absolute atomic E-state index is 12.3. The molecule has 2 saturated carbocycles. The summed E-state index contributed by atoms with van der Waals surface area (Å²) < 4.78 is 0. The lowest BCUT2D eigenvalue weighted by Crippen LogP contribution is -2.46. The zero-order chi connectivity index (χ0) is 39.2. The van der Waals surface area contributed by atoms with Crippen molar-refractivity contribution < 1.29 is 14.4 Å². The number of hydrogen-bond donors (Lipinski definition) is 2. The highest BCUT2D eigenvalue weighted by Gasteiger charge is 2.34. The number of nitrogens with two attached hydrogens (primary N) is 1. The van der Waals surface area contributed by atoms with Crippen LogP contribution in [0.5, 0.6) is 0 Å². The molecule has 8 rings (SSSR count). The highest BCUT2D eigenvalue weighted by Crippen LogP contribution is 2.41. The minimum Gasteiger partial charge on any atom is -0.324 e. The molecule has 2 amide bonds. The summed E-state index contributed by atoms with van der Waals surface area (Å²) in [6, 6.07) is 31.2. The second kappa shape index (κ2) is 17.9. The number of carbonyl (C=O) groups is 3. The van der Waals surface area contributed by atoms with E-state index in [0.717, 1.165) is 61.0 Å². The standard InChI is InChI=1S/C24H30N2O.C19H22N2O.C5H8O/c1-16-7-6-8-19(13-16)20-11-12-24-22(15-20)23(25-21-9-4-5-10-21)14-17(2)26(24)18(3)27;1-12-5-4-6-15(9-12)16-7-8-19-17(11-16)18(20)10-13(2)21(19)14(3)22;6-5-3-1-2-4-5/h6-8,11-13,15,17,21,23,25H,4-5,9-10,14H2,1-3H3;4-9,11,13,18H,10,20H2,1-3H3;1-4H2. The summed E-state index contributed by atoms with van der Waals surface area (Å²) in [5.41, 5.74) is 18.0. The zero-order valence-electron chi connectivity index (χ0n) is 33.7. The number of nitrogens with one attached hydrogen (secondary N) is 1. The molecule has 4 aromatic rings. The molecule has 7 nitrogen and oxygen atoms in total. The van der Waals surface area contributed by atoms with E-state index in [1.165, 1.54) is 59.1 Å². The number of benzene rings is 4. The molecule has 0 radical (unpaired) electrons. The molecule has 2 fully saturated rings. The van der Waals surface area contributed by atoms with E-state index in [4.69, 9.17) is 5.73 Å². The Bertz CT molecular complexity index is 1990. The Morgan fingerprint density at radius 3 is 1.58 bits per heavy atom. The van der Waals surface area contributed by atoms with Crippen molar-refractivity contribution in [3.05, 3.63) is 107 Å². The van der Waals surface area contributed by atoms with Crippen molar-refractivity contribution in [1.29, 1.82) is 0 Å². The number of ketones is 1. The SMILES string of the molecule is CC(=O)N1c2ccc(-c3cccc(C)c3)cc2C(N)CC1C.CC(=O)N1c2ccc(-c3cccc(C)c3)cc2C(NC2CCCC2)CC1C.O=C1CCCC1. The second-order valence-corrected chi connectivity index (χ2v) is 16.3. The Kier molecular flexibility index (Phi) is 13.1. The molecule has 3 N–H and O–H groups in total. The molecule has 4 atom stereocenters. The summed E-state index contributed by atoms with van der Waals surface area (Å²) >= 11 is 0. The third-order valence-corrected chi connectivity index (χ3v) is 11.7. The first-order chi connectivity index (χ1) is 26.4. The van der Waals surface area contributed by atoms with Gasteiger partial charge in [0.2, 0.25) is 11.8 Å². The Labute approximate surface area is 328 Å². The predicted octanol–water partition coefficient (Wildman–Crippen LogP) is 10.3. The summed E-state index contributed by atoms with van der Waals surface area (Å²) in [5.74, 6) is 0.658. The quantitative estimate of drug-likeness (QED) is 0.217. The lowest BCUT2D eigenvalue weighted by Gasteiger charge is -2.40. The molecule has 2 aliphatic heterocycles. The first-order valence-corrected chi connectivity index (χ1v) is 20.4. The van der Waals surface area contributed by atoms with E-state index in [1.807, 2.05) is 15.9 Å². The van der Waals surface area contributed by atoms with Crippen molar-refractivity contribution in [3.8, 4) is 22.3 Å². The van der Waals surface area contributed by atoms with Crippen molar-refractivity contribution in [2.45, 2.75) is 136 Å². The fraction of sp³-hybridized carbons (Fsp3) is 0.438. The van der Waals surface area contributed by atoms with Crippen LogP contribution in [-0.2, 0) is 14.4 Å². The van der Waals surface area contributed by atoms with Gasteiger partial charge in [-0.1, -0.05) is 84.6 Å². The average molecular weight is 741 g/mol. The fourth-order valence-corrected chi connectivity index (χ4v) is 9.04. The van der Waals surface area contributed by atoms with E-state index < -0.39 is 0 Å². The topological polar surface area (TPSA) is 95.7 Å². The summed E-state index contributed by atoms with van der Waals surface area (Å²) in [6.45, 7) is 11.7. The van der Waals surface area contributed by atoms with Gasteiger partial charge in [-0.2, -0.15) is 0 Å². The van der Waals surface area contributed by atoms with Crippen LogP contribution in [0.4, 0.5) is 11.4 Å². The number of fused-ring (bicyclic) bond motifs is 2. The van der Waals surface area contributed by atoms with E-state index in [-0.39, 0.29) is 29.9 Å². The molecule has 7 heteroatoms. The van der Waals surface area contributed by atoms with Crippen molar-refractivity contribution in [3.63, 3.8) is 0 Å². The number of aryl methyl sites for hydroxylation is 2. The largest absolute Gasteiger partial charge is 0.324 e. The van der Waals surface area contributed by atoms with Crippen LogP contribution in [0.15, 0.2) is 84.9 Å². The number of amides is 2. The molecule has 0 spiro atoms. The van der Waals surface area contributed by atoms with Crippen LogP contribution in [0.1, 0.15) is 126 Å². The fourth-order valence-electron chi connectivity index (χ4n) is 9.04. The number of anilines is 2. The van der Waals surface area contributed by atoms with E-state index in [2.05, 4.69) is 112 Å². The van der Waals surface area contributed by atoms with E-state index in [9.17, 15) is 14.4 Å². The lowest BCUT2D eigenvalue weighted by atomic mass is 9.88. The highest BCUT2D eigenvalue weighted by molar-refractivity contribution is 5.95. The zero-order valence-corrected chi connectivity index (χ0v) is 33.7. The Hall–Kier alpha value is -4.59. The maximum atomic E-state index is 12.3. The Balaban J connectivity index is 0.000000165. The van der Waals surface area contributed by atoms with E-state index >= 15 is 0 Å². The van der Waals surface area contributed by atoms with Crippen LogP contribution >= 0.6 is 0 Å². The first kappa shape index (κ1) is 40.1. The number of hydrogen-bond acceptors (Lipinski definition) is 5. The van der Waals surface area contributed by atoms with Gasteiger partial charge >= 0.3 is 0 Å². The molecule has 2 aliphatic carbocycles. The van der Waals surface area contributed by atoms with Gasteiger partial charge in [-0.25, -0.2) is 0 Å². The molecule has 4 aliphatic rings. The maximum Gasteiger partial charge on any atom is 0.224 e. The van der Waals surface area contributed by atoms with Gasteiger partial charge in [-0.3, -0.25) is 14.4 Å². The Morgan fingerprint density at radius 1 is 0.636 bits per heavy atom. The second-order valence-electron chi connectivity index (χ2n) is 16.3. The molecule has 4 unspecified atom stereocenters. The van der Waals surface area contributed by atoms with Crippen LogP contribution in [0.25, 0.3) is 22.3 Å². The Morgan fingerprint density at radius 2 is 1.11 bits per heavy atom. The van der Waals surface area contributed by atoms with E-state index in [1.54, 1.807) is 13.8 Å². The third kappa shape index (κ3) is 9.63. The monoisotopic (exact) mass is 740 g/mol. The molecule has 0 aromatic heterocycles. The number of rotatable bonds is 4. The van der Waals surface area contributed by atoms with Gasteiger partial charge in [-0.15, -0.1) is 0 Å². The van der Waals surface area contributed by atoms with Crippen LogP contribution in [0.2, 0.25) is 0 Å². The van der Waals surface area contributed by atoms with Crippen molar-refractivity contribution in [2.24, 2.45) is 5.73 Å². The molecule has 290 valence electrons. The van der Waals surface area contributed by atoms with Crippen LogP contribution in [0.3, 0.4) is 0 Å². The molecule has 2 heterocycles. The molecule has 55 heavy (non-hydrogen) atoms. The summed E-state index contributed by atoms with van der Waals surface area (Å²) in [4.78, 5) is 38.4. The van der Waals surface area contributed by atoms with Crippen LogP contribution in [-0.4, -0.2) is 35.7 Å². The van der Waals surface area contributed by atoms with Gasteiger partial charge in [0, 0.05) is 68.3 Å². The highest BCUT2D eigenvalue weighted by atomic mass is 16.2. The van der Waals surface area contributed by atoms with Gasteiger partial charge in [0.25, 0.3) is 0 Å². The van der Waals surface area contributed by atoms with Crippen molar-refractivity contribution in [1.82, 2.24) is 5.32 Å². The van der Waals surface area contributed by atoms with Gasteiger partial charge in [-0.05, 0) is 124 Å². The van der Waals surface area contributed by atoms with Crippen molar-refractivity contribution >= 4 is 29.0 Å². The normalized spacial score (nSPS) is 21.8. The summed E-state index contributed by atoms with van der Waals surface area (Å²) in [7, 11) is 0. The van der Waals surface area contributed by atoms with E-state index in [0.29, 0.717) is 17.9 Å². The summed E-state index contributed by atoms with van der Waals surface area (Å²) in [6.07, 6.45) is 10.9. The number of nitrogens with zero attached hydrogens (tertiary/aromatic N) is 2. The molecule has 4 aromatic carbocycles. The van der Waals surface area contributed by atoms with Gasteiger partial charge in [0.1, 0.15) is 5.78 Å². The number of carbonyl (C=O) groups excluding carboxylic acids is 3. The van der Waals surface area contributed by atoms with Crippen LogP contribution < -0.4 is 20.9 Å². The molecule has 0 bridgehead atoms. The average Bonchev–Trinajstić information content (AvgIpc) is 3.86. The van der Waals surface area contributed by atoms with Crippen LogP contribution in [0, 0.1) is 13.8 Å². The van der Waals surface area contributed by atoms with Gasteiger partial charge in [0.05, 0.1) is 0 Å². The molecular weight excluding hydrogens is 681 g/mol. The summed E-state index contributed by atoms with van der Waals surface area (Å²) in [5, 5.41) is 3.92. The van der Waals surface area contributed by atoms with Gasteiger partial charge < -0.3 is 20.9 Å². The molecular formula is C48H60N4O3.